The van der Waals surface area contributed by atoms with Crippen molar-refractivity contribution in [3.63, 3.8) is 0 Å². The fourth-order valence-corrected chi connectivity index (χ4v) is 3.67. The van der Waals surface area contributed by atoms with E-state index in [2.05, 4.69) is 61.2 Å². The van der Waals surface area contributed by atoms with Crippen LogP contribution in [0.3, 0.4) is 0 Å². The first kappa shape index (κ1) is 19.7. The lowest BCUT2D eigenvalue weighted by Gasteiger charge is -2.27. The van der Waals surface area contributed by atoms with E-state index in [-0.39, 0.29) is 0 Å². The van der Waals surface area contributed by atoms with Gasteiger partial charge in [-0.25, -0.2) is 0 Å². The number of benzene rings is 2. The number of rotatable bonds is 8. The van der Waals surface area contributed by atoms with Crippen molar-refractivity contribution in [3.8, 4) is 5.75 Å². The monoisotopic (exact) mass is 364 g/mol. The summed E-state index contributed by atoms with van der Waals surface area (Å²) in [4.78, 5) is 2.53. The second-order valence-electron chi connectivity index (χ2n) is 7.48. The van der Waals surface area contributed by atoms with Gasteiger partial charge in [0.25, 0.3) is 0 Å². The fourth-order valence-electron chi connectivity index (χ4n) is 3.67. The Balaban J connectivity index is 1.64. The van der Waals surface area contributed by atoms with Crippen molar-refractivity contribution in [2.45, 2.75) is 39.7 Å². The van der Waals surface area contributed by atoms with Crippen LogP contribution in [0, 0.1) is 13.8 Å². The molecule has 0 bridgehead atoms. The highest BCUT2D eigenvalue weighted by molar-refractivity contribution is 5.70. The van der Waals surface area contributed by atoms with Crippen LogP contribution in [0.4, 0.5) is 0 Å². The van der Waals surface area contributed by atoms with Gasteiger partial charge in [-0.05, 0) is 86.2 Å². The molecule has 144 valence electrons. The smallest absolute Gasteiger partial charge is 0.123 e. The molecule has 1 aliphatic heterocycles. The topological polar surface area (TPSA) is 38.5 Å². The zero-order valence-corrected chi connectivity index (χ0v) is 16.7. The maximum absolute atomic E-state index is 6.08. The van der Waals surface area contributed by atoms with Gasteiger partial charge < -0.3 is 10.5 Å². The van der Waals surface area contributed by atoms with Crippen LogP contribution in [0.5, 0.6) is 5.75 Å². The van der Waals surface area contributed by atoms with Crippen molar-refractivity contribution in [2.75, 3.05) is 26.2 Å². The zero-order chi connectivity index (χ0) is 19.1. The van der Waals surface area contributed by atoms with Gasteiger partial charge in [-0.2, -0.15) is 0 Å². The van der Waals surface area contributed by atoms with Crippen LogP contribution in [0.2, 0.25) is 0 Å². The minimum absolute atomic E-state index is 0.612. The van der Waals surface area contributed by atoms with Gasteiger partial charge >= 0.3 is 0 Å². The Labute approximate surface area is 163 Å². The third-order valence-electron chi connectivity index (χ3n) is 5.33. The van der Waals surface area contributed by atoms with Crippen LogP contribution < -0.4 is 10.5 Å². The third-order valence-corrected chi connectivity index (χ3v) is 5.33. The highest BCUT2D eigenvalue weighted by Crippen LogP contribution is 2.31. The first-order valence-corrected chi connectivity index (χ1v) is 10.1. The van der Waals surface area contributed by atoms with Crippen LogP contribution in [0.25, 0.3) is 5.57 Å². The molecule has 0 amide bonds. The average molecular weight is 365 g/mol. The number of ether oxygens (including phenoxy) is 1. The minimum atomic E-state index is 0.612. The van der Waals surface area contributed by atoms with E-state index in [9.17, 15) is 0 Å². The molecule has 27 heavy (non-hydrogen) atoms. The maximum atomic E-state index is 6.08. The Morgan fingerprint density at radius 3 is 2.56 bits per heavy atom. The molecule has 0 saturated heterocycles. The molecule has 0 unspecified atom stereocenters. The second-order valence-corrected chi connectivity index (χ2v) is 7.48. The number of nitrogens with zero attached hydrogens (tertiary/aromatic N) is 1. The standard InChI is InChI=1S/C24H32N2O/c1-19-17-24(27-18-21-8-4-3-5-9-21)20(2)16-23(19)22-10-14-26(15-11-22)13-7-6-12-25/h3-5,8-10,16-17H,6-7,11-15,18,25H2,1-2H3. The second kappa shape index (κ2) is 9.72. The summed E-state index contributed by atoms with van der Waals surface area (Å²) in [5.74, 6) is 0.986. The summed E-state index contributed by atoms with van der Waals surface area (Å²) in [5, 5.41) is 0. The van der Waals surface area contributed by atoms with E-state index in [1.54, 1.807) is 0 Å². The number of nitrogens with two attached hydrogens (primary N) is 1. The molecule has 0 atom stereocenters. The van der Waals surface area contributed by atoms with Crippen molar-refractivity contribution in [2.24, 2.45) is 5.73 Å². The molecular weight excluding hydrogens is 332 g/mol. The Morgan fingerprint density at radius 2 is 1.85 bits per heavy atom. The SMILES string of the molecule is Cc1cc(C2=CCN(CCCCN)CC2)c(C)cc1OCc1ccccc1. The number of unbranched alkanes of at least 4 members (excludes halogenated alkanes) is 1. The van der Waals surface area contributed by atoms with Crippen molar-refractivity contribution in [1.82, 2.24) is 4.90 Å². The molecule has 0 radical (unpaired) electrons. The number of hydrogen-bond acceptors (Lipinski definition) is 3. The molecule has 0 aromatic heterocycles. The van der Waals surface area contributed by atoms with E-state index in [1.165, 1.54) is 34.2 Å². The lowest BCUT2D eigenvalue weighted by molar-refractivity contribution is 0.295. The van der Waals surface area contributed by atoms with E-state index in [4.69, 9.17) is 10.5 Å². The summed E-state index contributed by atoms with van der Waals surface area (Å²) in [5.41, 5.74) is 12.1. The Hall–Kier alpha value is -2.10. The predicted molar refractivity (Wildman–Crippen MR) is 114 cm³/mol. The van der Waals surface area contributed by atoms with Gasteiger partial charge in [0.2, 0.25) is 0 Å². The molecular formula is C24H32N2O. The van der Waals surface area contributed by atoms with Crippen molar-refractivity contribution in [1.29, 1.82) is 0 Å². The van der Waals surface area contributed by atoms with Crippen LogP contribution in [-0.2, 0) is 6.61 Å². The number of aryl methyl sites for hydroxylation is 2. The van der Waals surface area contributed by atoms with E-state index < -0.39 is 0 Å². The van der Waals surface area contributed by atoms with Crippen molar-refractivity contribution >= 4 is 5.57 Å². The molecule has 2 aromatic carbocycles. The predicted octanol–water partition coefficient (Wildman–Crippen LogP) is 4.71. The molecule has 0 fully saturated rings. The van der Waals surface area contributed by atoms with Crippen molar-refractivity contribution < 1.29 is 4.74 Å². The van der Waals surface area contributed by atoms with Gasteiger partial charge in [-0.15, -0.1) is 0 Å². The molecule has 3 nitrogen and oxygen atoms in total. The van der Waals surface area contributed by atoms with Crippen LogP contribution in [0.1, 0.15) is 41.5 Å². The highest BCUT2D eigenvalue weighted by atomic mass is 16.5. The van der Waals surface area contributed by atoms with Gasteiger partial charge in [0.05, 0.1) is 0 Å². The molecule has 1 heterocycles. The molecule has 2 N–H and O–H groups in total. The molecule has 0 spiro atoms. The molecule has 0 aliphatic carbocycles. The average Bonchev–Trinajstić information content (AvgIpc) is 2.70. The third kappa shape index (κ3) is 5.44. The van der Waals surface area contributed by atoms with E-state index in [0.717, 1.165) is 44.8 Å². The first-order chi connectivity index (χ1) is 13.2. The van der Waals surface area contributed by atoms with E-state index >= 15 is 0 Å². The lowest BCUT2D eigenvalue weighted by Crippen LogP contribution is -2.29. The summed E-state index contributed by atoms with van der Waals surface area (Å²) in [7, 11) is 0. The first-order valence-electron chi connectivity index (χ1n) is 10.1. The van der Waals surface area contributed by atoms with E-state index in [0.29, 0.717) is 6.61 Å². The van der Waals surface area contributed by atoms with Gasteiger partial charge in [0.1, 0.15) is 12.4 Å². The van der Waals surface area contributed by atoms with Gasteiger partial charge in [0.15, 0.2) is 0 Å². The summed E-state index contributed by atoms with van der Waals surface area (Å²) < 4.78 is 6.08. The summed E-state index contributed by atoms with van der Waals surface area (Å²) in [6.07, 6.45) is 5.84. The summed E-state index contributed by atoms with van der Waals surface area (Å²) in [6.45, 7) is 9.09. The largest absolute Gasteiger partial charge is 0.489 e. The molecule has 1 aliphatic rings. The van der Waals surface area contributed by atoms with Gasteiger partial charge in [-0.3, -0.25) is 4.90 Å². The Morgan fingerprint density at radius 1 is 1.04 bits per heavy atom. The Kier molecular flexibility index (Phi) is 7.08. The van der Waals surface area contributed by atoms with Gasteiger partial charge in [-0.1, -0.05) is 36.4 Å². The van der Waals surface area contributed by atoms with E-state index in [1.807, 2.05) is 6.07 Å². The molecule has 2 aromatic rings. The molecule has 0 saturated carbocycles. The highest BCUT2D eigenvalue weighted by Gasteiger charge is 2.15. The fraction of sp³-hybridized carbons (Fsp3) is 0.417. The van der Waals surface area contributed by atoms with Crippen LogP contribution in [0.15, 0.2) is 48.5 Å². The number of hydrogen-bond donors (Lipinski definition) is 1. The lowest BCUT2D eigenvalue weighted by atomic mass is 9.93. The normalized spacial score (nSPS) is 14.9. The zero-order valence-electron chi connectivity index (χ0n) is 16.7. The van der Waals surface area contributed by atoms with Gasteiger partial charge in [0, 0.05) is 13.1 Å². The summed E-state index contributed by atoms with van der Waals surface area (Å²) >= 11 is 0. The van der Waals surface area contributed by atoms with Crippen molar-refractivity contribution in [3.05, 3.63) is 70.8 Å². The molecule has 3 rings (SSSR count). The maximum Gasteiger partial charge on any atom is 0.123 e. The van der Waals surface area contributed by atoms with Crippen LogP contribution >= 0.6 is 0 Å². The van der Waals surface area contributed by atoms with Crippen LogP contribution in [-0.4, -0.2) is 31.1 Å². The quantitative estimate of drug-likeness (QED) is 0.689. The summed E-state index contributed by atoms with van der Waals surface area (Å²) in [6, 6.07) is 14.8. The minimum Gasteiger partial charge on any atom is -0.489 e. The molecule has 3 heteroatoms. The Bertz CT molecular complexity index is 767.